The molecule has 2 aliphatic rings. The van der Waals surface area contributed by atoms with Crippen molar-refractivity contribution in [2.45, 2.75) is 31.2 Å². The molecule has 1 saturated heterocycles. The average molecular weight is 330 g/mol. The Morgan fingerprint density at radius 2 is 2.17 bits per heavy atom. The molecule has 4 rings (SSSR count). The van der Waals surface area contributed by atoms with Gasteiger partial charge in [-0.2, -0.15) is 10.2 Å². The third-order valence-electron chi connectivity index (χ3n) is 4.63. The number of rotatable bonds is 5. The van der Waals surface area contributed by atoms with Gasteiger partial charge in [0, 0.05) is 30.7 Å². The highest BCUT2D eigenvalue weighted by Gasteiger charge is 2.25. The van der Waals surface area contributed by atoms with Gasteiger partial charge in [0.1, 0.15) is 5.37 Å². The van der Waals surface area contributed by atoms with Crippen LogP contribution in [0.25, 0.3) is 0 Å². The van der Waals surface area contributed by atoms with Crippen LogP contribution in [-0.2, 0) is 6.54 Å². The summed E-state index contributed by atoms with van der Waals surface area (Å²) in [6, 6.07) is 0. The molecule has 2 N–H and O–H groups in total. The standard InChI is InChI=1S/C16H22N6S/c1-4-17-5-2-13(1)3-6-21-12-15(11-20-21)22-7-8-23-16(22)14-9-18-19-10-14/h7-13,16-17H,1-6H2,(H,18,19). The molecule has 0 radical (unpaired) electrons. The van der Waals surface area contributed by atoms with E-state index in [2.05, 4.69) is 48.0 Å². The third-order valence-corrected chi connectivity index (χ3v) is 5.66. The van der Waals surface area contributed by atoms with E-state index < -0.39 is 0 Å². The first-order valence-corrected chi connectivity index (χ1v) is 9.17. The molecule has 0 spiro atoms. The van der Waals surface area contributed by atoms with Gasteiger partial charge in [0.2, 0.25) is 0 Å². The zero-order chi connectivity index (χ0) is 15.5. The predicted molar refractivity (Wildman–Crippen MR) is 93.0 cm³/mol. The number of anilines is 1. The molecule has 0 aliphatic carbocycles. The minimum Gasteiger partial charge on any atom is -0.328 e. The van der Waals surface area contributed by atoms with Gasteiger partial charge in [-0.3, -0.25) is 9.78 Å². The minimum absolute atomic E-state index is 0.246. The maximum atomic E-state index is 4.55. The van der Waals surface area contributed by atoms with Crippen LogP contribution in [0.15, 0.2) is 36.4 Å². The van der Waals surface area contributed by atoms with Gasteiger partial charge in [-0.1, -0.05) is 0 Å². The molecule has 1 unspecified atom stereocenters. The maximum Gasteiger partial charge on any atom is 0.112 e. The Bertz CT molecular complexity index is 643. The second kappa shape index (κ2) is 6.80. The number of H-pyrrole nitrogens is 1. The Morgan fingerprint density at radius 3 is 3.00 bits per heavy atom. The summed E-state index contributed by atoms with van der Waals surface area (Å²) in [7, 11) is 0. The van der Waals surface area contributed by atoms with Crippen LogP contribution in [0.2, 0.25) is 0 Å². The molecule has 0 aromatic carbocycles. The number of hydrogen-bond acceptors (Lipinski definition) is 5. The van der Waals surface area contributed by atoms with E-state index >= 15 is 0 Å². The molecule has 2 aliphatic heterocycles. The molecule has 2 aromatic rings. The molecule has 1 atom stereocenters. The summed E-state index contributed by atoms with van der Waals surface area (Å²) in [6.07, 6.45) is 13.9. The fraction of sp³-hybridized carbons (Fsp3) is 0.500. The minimum atomic E-state index is 0.246. The first kappa shape index (κ1) is 14.8. The summed E-state index contributed by atoms with van der Waals surface area (Å²) >= 11 is 1.79. The van der Waals surface area contributed by atoms with Crippen LogP contribution in [-0.4, -0.2) is 33.1 Å². The zero-order valence-electron chi connectivity index (χ0n) is 13.1. The maximum absolute atomic E-state index is 4.55. The fourth-order valence-electron chi connectivity index (χ4n) is 3.27. The van der Waals surface area contributed by atoms with E-state index in [4.69, 9.17) is 0 Å². The molecular formula is C16H22N6S. The molecule has 23 heavy (non-hydrogen) atoms. The summed E-state index contributed by atoms with van der Waals surface area (Å²) in [5.74, 6) is 0.838. The van der Waals surface area contributed by atoms with Crippen molar-refractivity contribution in [3.8, 4) is 0 Å². The Hall–Kier alpha value is -1.73. The van der Waals surface area contributed by atoms with Gasteiger partial charge in [0.15, 0.2) is 0 Å². The highest BCUT2D eigenvalue weighted by atomic mass is 32.2. The molecule has 7 heteroatoms. The number of hydrogen-bond donors (Lipinski definition) is 2. The number of thioether (sulfide) groups is 1. The van der Waals surface area contributed by atoms with Crippen LogP contribution in [0.3, 0.4) is 0 Å². The highest BCUT2D eigenvalue weighted by Crippen LogP contribution is 2.41. The molecule has 0 bridgehead atoms. The second-order valence-corrected chi connectivity index (χ2v) is 7.15. The number of piperidine rings is 1. The lowest BCUT2D eigenvalue weighted by Crippen LogP contribution is -2.28. The Balaban J connectivity index is 1.40. The molecule has 122 valence electrons. The van der Waals surface area contributed by atoms with Crippen molar-refractivity contribution in [3.05, 3.63) is 42.0 Å². The molecule has 4 heterocycles. The van der Waals surface area contributed by atoms with Crippen molar-refractivity contribution in [3.63, 3.8) is 0 Å². The Morgan fingerprint density at radius 1 is 1.26 bits per heavy atom. The van der Waals surface area contributed by atoms with Gasteiger partial charge in [-0.25, -0.2) is 0 Å². The number of aromatic nitrogens is 4. The van der Waals surface area contributed by atoms with E-state index in [1.165, 1.54) is 24.8 Å². The molecular weight excluding hydrogens is 308 g/mol. The number of aryl methyl sites for hydroxylation is 1. The smallest absolute Gasteiger partial charge is 0.112 e. The Labute approximate surface area is 140 Å². The lowest BCUT2D eigenvalue weighted by Gasteiger charge is -2.22. The highest BCUT2D eigenvalue weighted by molar-refractivity contribution is 8.02. The summed E-state index contributed by atoms with van der Waals surface area (Å²) in [6.45, 7) is 3.33. The third kappa shape index (κ3) is 3.30. The molecule has 0 amide bonds. The van der Waals surface area contributed by atoms with E-state index in [-0.39, 0.29) is 5.37 Å². The van der Waals surface area contributed by atoms with Crippen molar-refractivity contribution in [2.75, 3.05) is 18.0 Å². The number of nitrogens with zero attached hydrogens (tertiary/aromatic N) is 4. The van der Waals surface area contributed by atoms with E-state index in [0.717, 1.165) is 31.2 Å². The first-order valence-electron chi connectivity index (χ1n) is 8.22. The summed E-state index contributed by atoms with van der Waals surface area (Å²) in [4.78, 5) is 2.25. The van der Waals surface area contributed by atoms with Gasteiger partial charge >= 0.3 is 0 Å². The molecule has 6 nitrogen and oxygen atoms in total. The SMILES string of the molecule is C1=CN(c2cnn(CCC3CCNCC3)c2)C(c2cn[nH]c2)S1. The average Bonchev–Trinajstić information content (AvgIpc) is 3.32. The van der Waals surface area contributed by atoms with E-state index in [9.17, 15) is 0 Å². The van der Waals surface area contributed by atoms with Gasteiger partial charge in [-0.05, 0) is 43.7 Å². The quantitative estimate of drug-likeness (QED) is 0.883. The van der Waals surface area contributed by atoms with Gasteiger partial charge in [0.25, 0.3) is 0 Å². The lowest BCUT2D eigenvalue weighted by molar-refractivity contribution is 0.332. The van der Waals surface area contributed by atoms with Crippen LogP contribution in [0, 0.1) is 5.92 Å². The van der Waals surface area contributed by atoms with Crippen molar-refractivity contribution >= 4 is 17.4 Å². The van der Waals surface area contributed by atoms with Crippen LogP contribution >= 0.6 is 11.8 Å². The van der Waals surface area contributed by atoms with Crippen LogP contribution in [0.4, 0.5) is 5.69 Å². The van der Waals surface area contributed by atoms with Gasteiger partial charge < -0.3 is 10.2 Å². The topological polar surface area (TPSA) is 61.8 Å². The monoisotopic (exact) mass is 330 g/mol. The van der Waals surface area contributed by atoms with Crippen molar-refractivity contribution in [1.82, 2.24) is 25.3 Å². The van der Waals surface area contributed by atoms with Crippen molar-refractivity contribution < 1.29 is 0 Å². The number of nitrogens with one attached hydrogen (secondary N) is 2. The van der Waals surface area contributed by atoms with E-state index in [0.29, 0.717) is 0 Å². The van der Waals surface area contributed by atoms with Gasteiger partial charge in [-0.15, -0.1) is 11.8 Å². The molecule has 1 fully saturated rings. The largest absolute Gasteiger partial charge is 0.328 e. The normalized spacial score (nSPS) is 22.1. The summed E-state index contributed by atoms with van der Waals surface area (Å²) in [5.41, 5.74) is 2.32. The Kier molecular flexibility index (Phi) is 4.39. The zero-order valence-corrected chi connectivity index (χ0v) is 13.9. The van der Waals surface area contributed by atoms with Crippen LogP contribution in [0.5, 0.6) is 0 Å². The fourth-order valence-corrected chi connectivity index (χ4v) is 4.23. The van der Waals surface area contributed by atoms with Crippen LogP contribution < -0.4 is 10.2 Å². The second-order valence-electron chi connectivity index (χ2n) is 6.16. The first-order chi connectivity index (χ1) is 11.4. The lowest BCUT2D eigenvalue weighted by atomic mass is 9.95. The van der Waals surface area contributed by atoms with Crippen molar-refractivity contribution in [2.24, 2.45) is 5.92 Å². The van der Waals surface area contributed by atoms with E-state index in [1.54, 1.807) is 11.8 Å². The van der Waals surface area contributed by atoms with Crippen molar-refractivity contribution in [1.29, 1.82) is 0 Å². The predicted octanol–water partition coefficient (Wildman–Crippen LogP) is 2.72. The summed E-state index contributed by atoms with van der Waals surface area (Å²) < 4.78 is 2.08. The van der Waals surface area contributed by atoms with Crippen LogP contribution in [0.1, 0.15) is 30.2 Å². The molecule has 2 aromatic heterocycles. The number of aromatic amines is 1. The molecule has 0 saturated carbocycles. The summed E-state index contributed by atoms with van der Waals surface area (Å²) in [5, 5.41) is 17.3. The van der Waals surface area contributed by atoms with E-state index in [1.807, 2.05) is 18.6 Å². The van der Waals surface area contributed by atoms with Gasteiger partial charge in [0.05, 0.1) is 18.1 Å².